The van der Waals surface area contributed by atoms with Crippen molar-refractivity contribution in [1.82, 2.24) is 9.78 Å². The van der Waals surface area contributed by atoms with Gasteiger partial charge in [0.1, 0.15) is 0 Å². The maximum absolute atomic E-state index is 6.26. The smallest absolute Gasteiger partial charge is 0.0847 e. The summed E-state index contributed by atoms with van der Waals surface area (Å²) in [4.78, 5) is 0. The lowest BCUT2D eigenvalue weighted by atomic mass is 10.00. The Morgan fingerprint density at radius 2 is 2.06 bits per heavy atom. The minimum absolute atomic E-state index is 0.256. The second-order valence-corrected chi connectivity index (χ2v) is 5.47. The Hall–Kier alpha value is -0.540. The van der Waals surface area contributed by atoms with Crippen molar-refractivity contribution < 1.29 is 0 Å². The molecule has 0 fully saturated rings. The van der Waals surface area contributed by atoms with Crippen molar-refractivity contribution in [1.29, 1.82) is 0 Å². The molecule has 0 saturated carbocycles. The molecule has 1 atom stereocenters. The Balaban J connectivity index is 2.62. The molecule has 0 saturated heterocycles. The zero-order valence-electron chi connectivity index (χ0n) is 11.3. The van der Waals surface area contributed by atoms with Crippen molar-refractivity contribution in [3.05, 3.63) is 16.4 Å². The molecule has 0 bridgehead atoms. The van der Waals surface area contributed by atoms with Crippen molar-refractivity contribution in [3.63, 3.8) is 0 Å². The van der Waals surface area contributed by atoms with Gasteiger partial charge in [0.25, 0.3) is 0 Å². The van der Waals surface area contributed by atoms with Gasteiger partial charge in [-0.25, -0.2) is 0 Å². The Bertz CT molecular complexity index is 358. The maximum Gasteiger partial charge on any atom is 0.0847 e. The molecule has 1 aromatic heterocycles. The van der Waals surface area contributed by atoms with E-state index < -0.39 is 0 Å². The molecule has 0 radical (unpaired) electrons. The minimum atomic E-state index is 0.256. The summed E-state index contributed by atoms with van der Waals surface area (Å²) < 4.78 is 1.99. The molecule has 1 unspecified atom stereocenters. The zero-order valence-corrected chi connectivity index (χ0v) is 12.1. The van der Waals surface area contributed by atoms with E-state index in [1.165, 1.54) is 0 Å². The van der Waals surface area contributed by atoms with Gasteiger partial charge >= 0.3 is 0 Å². The van der Waals surface area contributed by atoms with E-state index in [0.29, 0.717) is 5.92 Å². The average Bonchev–Trinajstić information content (AvgIpc) is 2.51. The number of aryl methyl sites for hydroxylation is 2. The van der Waals surface area contributed by atoms with Crippen molar-refractivity contribution >= 4 is 11.6 Å². The quantitative estimate of drug-likeness (QED) is 0.851. The fourth-order valence-electron chi connectivity index (χ4n) is 2.15. The Morgan fingerprint density at radius 1 is 1.41 bits per heavy atom. The number of aromatic nitrogens is 2. The van der Waals surface area contributed by atoms with E-state index in [9.17, 15) is 0 Å². The third-order valence-corrected chi connectivity index (χ3v) is 3.47. The zero-order chi connectivity index (χ0) is 13.0. The second-order valence-electron chi connectivity index (χ2n) is 5.09. The molecule has 98 valence electrons. The highest BCUT2D eigenvalue weighted by molar-refractivity contribution is 6.31. The summed E-state index contributed by atoms with van der Waals surface area (Å²) in [6.45, 7) is 9.30. The van der Waals surface area contributed by atoms with Crippen LogP contribution in [0.2, 0.25) is 5.02 Å². The molecule has 0 aliphatic rings. The molecule has 0 spiro atoms. The van der Waals surface area contributed by atoms with Crippen LogP contribution in [0.1, 0.15) is 45.0 Å². The summed E-state index contributed by atoms with van der Waals surface area (Å²) in [5, 5.41) is 5.22. The van der Waals surface area contributed by atoms with Crippen LogP contribution in [-0.2, 0) is 13.0 Å². The highest BCUT2D eigenvalue weighted by Gasteiger charge is 2.14. The van der Waals surface area contributed by atoms with Gasteiger partial charge in [-0.3, -0.25) is 4.68 Å². The van der Waals surface area contributed by atoms with Gasteiger partial charge in [0.2, 0.25) is 0 Å². The van der Waals surface area contributed by atoms with Gasteiger partial charge in [0, 0.05) is 12.6 Å². The summed E-state index contributed by atoms with van der Waals surface area (Å²) in [5.41, 5.74) is 8.15. The highest BCUT2D eigenvalue weighted by Crippen LogP contribution is 2.22. The first kappa shape index (κ1) is 14.5. The Morgan fingerprint density at radius 3 is 2.59 bits per heavy atom. The van der Waals surface area contributed by atoms with E-state index in [4.69, 9.17) is 17.3 Å². The SMILES string of the molecule is CCn1nc(C)c(Cl)c1CCC(N)CC(C)C. The van der Waals surface area contributed by atoms with E-state index in [1.54, 1.807) is 0 Å². The van der Waals surface area contributed by atoms with Crippen molar-refractivity contribution in [2.45, 2.75) is 59.5 Å². The third-order valence-electron chi connectivity index (χ3n) is 2.98. The largest absolute Gasteiger partial charge is 0.328 e. The molecule has 0 aromatic carbocycles. The van der Waals surface area contributed by atoms with Crippen LogP contribution in [0, 0.1) is 12.8 Å². The third kappa shape index (κ3) is 4.00. The fraction of sp³-hybridized carbons (Fsp3) is 0.769. The van der Waals surface area contributed by atoms with Crippen LogP contribution in [0.25, 0.3) is 0 Å². The van der Waals surface area contributed by atoms with Crippen LogP contribution < -0.4 is 5.73 Å². The Kier molecular flexibility index (Phi) is 5.47. The molecule has 0 aliphatic carbocycles. The molecule has 17 heavy (non-hydrogen) atoms. The molecule has 0 aliphatic heterocycles. The van der Waals surface area contributed by atoms with Gasteiger partial charge < -0.3 is 5.73 Å². The van der Waals surface area contributed by atoms with Gasteiger partial charge in [-0.05, 0) is 39.0 Å². The highest BCUT2D eigenvalue weighted by atomic mass is 35.5. The Labute approximate surface area is 109 Å². The van der Waals surface area contributed by atoms with Gasteiger partial charge in [-0.2, -0.15) is 5.10 Å². The minimum Gasteiger partial charge on any atom is -0.328 e. The molecule has 4 heteroatoms. The number of hydrogen-bond donors (Lipinski definition) is 1. The lowest BCUT2D eigenvalue weighted by Crippen LogP contribution is -2.23. The summed E-state index contributed by atoms with van der Waals surface area (Å²) in [7, 11) is 0. The van der Waals surface area contributed by atoms with Crippen LogP contribution in [0.3, 0.4) is 0 Å². The van der Waals surface area contributed by atoms with E-state index in [0.717, 1.165) is 42.2 Å². The first-order valence-corrected chi connectivity index (χ1v) is 6.80. The first-order valence-electron chi connectivity index (χ1n) is 6.43. The maximum atomic E-state index is 6.26. The predicted molar refractivity (Wildman–Crippen MR) is 73.4 cm³/mol. The van der Waals surface area contributed by atoms with Crippen molar-refractivity contribution in [3.8, 4) is 0 Å². The lowest BCUT2D eigenvalue weighted by Gasteiger charge is -2.14. The molecule has 1 heterocycles. The number of nitrogens with zero attached hydrogens (tertiary/aromatic N) is 2. The molecular formula is C13H24ClN3. The van der Waals surface area contributed by atoms with E-state index in [1.807, 2.05) is 11.6 Å². The van der Waals surface area contributed by atoms with Crippen molar-refractivity contribution in [2.24, 2.45) is 11.7 Å². The normalized spacial score (nSPS) is 13.4. The summed E-state index contributed by atoms with van der Waals surface area (Å²) in [6.07, 6.45) is 2.96. The van der Waals surface area contributed by atoms with Gasteiger partial charge in [-0.15, -0.1) is 0 Å². The molecule has 3 nitrogen and oxygen atoms in total. The van der Waals surface area contributed by atoms with Crippen LogP contribution in [0.5, 0.6) is 0 Å². The molecular weight excluding hydrogens is 234 g/mol. The number of rotatable bonds is 6. The molecule has 2 N–H and O–H groups in total. The summed E-state index contributed by atoms with van der Waals surface area (Å²) in [5.74, 6) is 0.651. The summed E-state index contributed by atoms with van der Waals surface area (Å²) in [6, 6.07) is 0.256. The van der Waals surface area contributed by atoms with E-state index in [2.05, 4.69) is 25.9 Å². The number of hydrogen-bond acceptors (Lipinski definition) is 2. The number of nitrogens with two attached hydrogens (primary N) is 1. The van der Waals surface area contributed by atoms with Gasteiger partial charge in [0.15, 0.2) is 0 Å². The predicted octanol–water partition coefficient (Wildman–Crippen LogP) is 3.17. The van der Waals surface area contributed by atoms with Crippen LogP contribution in [0.4, 0.5) is 0 Å². The number of halogens is 1. The van der Waals surface area contributed by atoms with E-state index in [-0.39, 0.29) is 6.04 Å². The fourth-order valence-corrected chi connectivity index (χ4v) is 2.38. The molecule has 1 aromatic rings. The lowest BCUT2D eigenvalue weighted by molar-refractivity contribution is 0.466. The monoisotopic (exact) mass is 257 g/mol. The topological polar surface area (TPSA) is 43.8 Å². The molecule has 0 amide bonds. The van der Waals surface area contributed by atoms with E-state index >= 15 is 0 Å². The first-order chi connectivity index (χ1) is 7.95. The van der Waals surface area contributed by atoms with Crippen LogP contribution >= 0.6 is 11.6 Å². The van der Waals surface area contributed by atoms with Crippen molar-refractivity contribution in [2.75, 3.05) is 0 Å². The van der Waals surface area contributed by atoms with Crippen LogP contribution in [0.15, 0.2) is 0 Å². The standard InChI is InChI=1S/C13H24ClN3/c1-5-17-12(13(14)10(4)16-17)7-6-11(15)8-9(2)3/h9,11H,5-8,15H2,1-4H3. The average molecular weight is 258 g/mol. The van der Waals surface area contributed by atoms with Crippen LogP contribution in [-0.4, -0.2) is 15.8 Å². The van der Waals surface area contributed by atoms with Gasteiger partial charge in [-0.1, -0.05) is 25.4 Å². The molecule has 1 rings (SSSR count). The van der Waals surface area contributed by atoms with Gasteiger partial charge in [0.05, 0.1) is 16.4 Å². The second kappa shape index (κ2) is 6.41. The summed E-state index contributed by atoms with van der Waals surface area (Å²) >= 11 is 6.26.